The fraction of sp³-hybridized carbons (Fsp3) is 0.200. The predicted molar refractivity (Wildman–Crippen MR) is 56.0 cm³/mol. The Labute approximate surface area is 104 Å². The van der Waals surface area contributed by atoms with Crippen molar-refractivity contribution in [2.75, 3.05) is 0 Å². The van der Waals surface area contributed by atoms with Crippen molar-refractivity contribution in [3.05, 3.63) is 23.6 Å². The lowest BCUT2D eigenvalue weighted by atomic mass is 10.1. The van der Waals surface area contributed by atoms with E-state index in [9.17, 15) is 18.3 Å². The molecule has 1 heterocycles. The maximum atomic E-state index is 12.8. The summed E-state index contributed by atoms with van der Waals surface area (Å²) in [6.45, 7) is -0.127. The Morgan fingerprint density at radius 1 is 1.21 bits per heavy atom. The average Bonchev–Trinajstić information content (AvgIpc) is 2.79. The lowest BCUT2D eigenvalue weighted by Gasteiger charge is -2.11. The third-order valence-corrected chi connectivity index (χ3v) is 2.30. The summed E-state index contributed by atoms with van der Waals surface area (Å²) in [5.41, 5.74) is 3.52. The van der Waals surface area contributed by atoms with E-state index in [-0.39, 0.29) is 18.3 Å². The number of nitrogens with zero attached hydrogens (tertiary/aromatic N) is 2. The molecule has 0 saturated carbocycles. The zero-order valence-electron chi connectivity index (χ0n) is 9.27. The van der Waals surface area contributed by atoms with E-state index in [4.69, 9.17) is 10.8 Å². The van der Waals surface area contributed by atoms with Crippen molar-refractivity contribution in [2.24, 2.45) is 5.73 Å². The fourth-order valence-electron chi connectivity index (χ4n) is 1.44. The second-order valence-electron chi connectivity index (χ2n) is 3.60. The van der Waals surface area contributed by atoms with Crippen LogP contribution in [0, 0.1) is 0 Å². The van der Waals surface area contributed by atoms with Gasteiger partial charge in [-0.3, -0.25) is 0 Å². The van der Waals surface area contributed by atoms with E-state index >= 15 is 0 Å². The van der Waals surface area contributed by atoms with Gasteiger partial charge >= 0.3 is 6.18 Å². The minimum Gasteiger partial charge on any atom is -0.504 e. The molecule has 1 aromatic carbocycles. The number of phenols is 2. The Hall–Kier alpha value is -2.29. The van der Waals surface area contributed by atoms with Crippen molar-refractivity contribution in [3.63, 3.8) is 0 Å². The van der Waals surface area contributed by atoms with Crippen LogP contribution in [0.5, 0.6) is 11.5 Å². The Balaban J connectivity index is 2.64. The van der Waals surface area contributed by atoms with Gasteiger partial charge in [-0.2, -0.15) is 18.2 Å². The predicted octanol–water partition coefficient (Wildman–Crippen LogP) is 1.63. The van der Waals surface area contributed by atoms with Gasteiger partial charge in [-0.25, -0.2) is 0 Å². The van der Waals surface area contributed by atoms with Crippen molar-refractivity contribution in [1.29, 1.82) is 0 Å². The third-order valence-electron chi connectivity index (χ3n) is 2.30. The van der Waals surface area contributed by atoms with Gasteiger partial charge in [0.1, 0.15) is 0 Å². The zero-order chi connectivity index (χ0) is 14.2. The van der Waals surface area contributed by atoms with Crippen LogP contribution in [0.25, 0.3) is 11.4 Å². The van der Waals surface area contributed by atoms with Crippen molar-refractivity contribution in [1.82, 2.24) is 10.1 Å². The molecule has 0 unspecified atom stereocenters. The first kappa shape index (κ1) is 13.1. The van der Waals surface area contributed by atoms with Crippen molar-refractivity contribution >= 4 is 0 Å². The van der Waals surface area contributed by atoms with Crippen LogP contribution in [0.1, 0.15) is 11.5 Å². The molecule has 2 aromatic rings. The highest BCUT2D eigenvalue weighted by molar-refractivity contribution is 5.66. The Morgan fingerprint density at radius 3 is 2.37 bits per heavy atom. The second kappa shape index (κ2) is 4.43. The Kier molecular flexibility index (Phi) is 3.06. The number of aromatic nitrogens is 2. The summed E-state index contributed by atoms with van der Waals surface area (Å²) >= 11 is 0. The molecule has 1 aromatic heterocycles. The number of hydrogen-bond donors (Lipinski definition) is 3. The van der Waals surface area contributed by atoms with Crippen LogP contribution in [0.2, 0.25) is 0 Å². The number of benzene rings is 1. The van der Waals surface area contributed by atoms with E-state index in [0.717, 1.165) is 0 Å². The zero-order valence-corrected chi connectivity index (χ0v) is 9.27. The number of alkyl halides is 3. The molecule has 19 heavy (non-hydrogen) atoms. The van der Waals surface area contributed by atoms with Crippen LogP contribution in [-0.4, -0.2) is 20.4 Å². The highest BCUT2D eigenvalue weighted by atomic mass is 19.4. The number of phenolic OH excluding ortho intramolecular Hbond substituents is 2. The molecule has 0 atom stereocenters. The third kappa shape index (κ3) is 2.45. The number of hydrogen-bond acceptors (Lipinski definition) is 6. The van der Waals surface area contributed by atoms with Gasteiger partial charge in [0, 0.05) is 5.56 Å². The fourth-order valence-corrected chi connectivity index (χ4v) is 1.44. The monoisotopic (exact) mass is 275 g/mol. The topological polar surface area (TPSA) is 105 Å². The van der Waals surface area contributed by atoms with Crippen LogP contribution in [-0.2, 0) is 12.7 Å². The molecule has 0 aliphatic heterocycles. The van der Waals surface area contributed by atoms with E-state index in [1.54, 1.807) is 0 Å². The summed E-state index contributed by atoms with van der Waals surface area (Å²) in [5.74, 6) is -2.03. The molecule has 0 radical (unpaired) electrons. The maximum absolute atomic E-state index is 12.8. The van der Waals surface area contributed by atoms with E-state index in [2.05, 4.69) is 14.7 Å². The van der Waals surface area contributed by atoms with Crippen molar-refractivity contribution in [2.45, 2.75) is 12.7 Å². The first-order chi connectivity index (χ1) is 8.82. The molecule has 6 nitrogen and oxygen atoms in total. The number of aromatic hydroxyl groups is 2. The van der Waals surface area contributed by atoms with Gasteiger partial charge in [0.15, 0.2) is 11.5 Å². The molecule has 0 spiro atoms. The second-order valence-corrected chi connectivity index (χ2v) is 3.60. The summed E-state index contributed by atoms with van der Waals surface area (Å²) < 4.78 is 43.1. The minimum atomic E-state index is -4.75. The number of rotatable bonds is 2. The van der Waals surface area contributed by atoms with Crippen LogP contribution in [0.4, 0.5) is 13.2 Å². The molecule has 0 aliphatic rings. The lowest BCUT2D eigenvalue weighted by molar-refractivity contribution is -0.137. The van der Waals surface area contributed by atoms with Gasteiger partial charge in [-0.15, -0.1) is 0 Å². The standard InChI is InChI=1S/C10H8F3N3O3/c11-10(12,13)5-2-7(18)6(17)1-4(5)9-15-8(3-14)19-16-9/h1-2,17-18H,3,14H2. The number of nitrogens with two attached hydrogens (primary N) is 1. The summed E-state index contributed by atoms with van der Waals surface area (Å²) in [5, 5.41) is 21.8. The van der Waals surface area contributed by atoms with E-state index in [1.165, 1.54) is 0 Å². The molecular weight excluding hydrogens is 267 g/mol. The molecule has 0 fully saturated rings. The van der Waals surface area contributed by atoms with E-state index in [1.807, 2.05) is 0 Å². The van der Waals surface area contributed by atoms with Gasteiger partial charge in [0.05, 0.1) is 12.1 Å². The van der Waals surface area contributed by atoms with Gasteiger partial charge in [-0.1, -0.05) is 5.16 Å². The summed E-state index contributed by atoms with van der Waals surface area (Å²) in [7, 11) is 0. The van der Waals surface area contributed by atoms with E-state index < -0.39 is 28.8 Å². The number of halogens is 3. The first-order valence-electron chi connectivity index (χ1n) is 4.99. The first-order valence-corrected chi connectivity index (χ1v) is 4.99. The summed E-state index contributed by atoms with van der Waals surface area (Å²) in [4.78, 5) is 3.65. The van der Waals surface area contributed by atoms with Crippen LogP contribution in [0.15, 0.2) is 16.7 Å². The lowest BCUT2D eigenvalue weighted by Crippen LogP contribution is -2.07. The maximum Gasteiger partial charge on any atom is 0.417 e. The average molecular weight is 275 g/mol. The molecule has 0 bridgehead atoms. The molecule has 102 valence electrons. The summed E-state index contributed by atoms with van der Waals surface area (Å²) in [6, 6.07) is 1.10. The van der Waals surface area contributed by atoms with Gasteiger partial charge in [-0.05, 0) is 12.1 Å². The largest absolute Gasteiger partial charge is 0.504 e. The quantitative estimate of drug-likeness (QED) is 0.719. The summed E-state index contributed by atoms with van der Waals surface area (Å²) in [6.07, 6.45) is -4.75. The normalized spacial score (nSPS) is 11.8. The van der Waals surface area contributed by atoms with Crippen LogP contribution < -0.4 is 5.73 Å². The van der Waals surface area contributed by atoms with Gasteiger partial charge in [0.25, 0.3) is 0 Å². The molecule has 4 N–H and O–H groups in total. The molecule has 0 saturated heterocycles. The Morgan fingerprint density at radius 2 is 1.84 bits per heavy atom. The molecule has 0 aliphatic carbocycles. The SMILES string of the molecule is NCc1nc(-c2cc(O)c(O)cc2C(F)(F)F)no1. The van der Waals surface area contributed by atoms with Crippen molar-refractivity contribution in [3.8, 4) is 22.9 Å². The Bertz CT molecular complexity index is 610. The van der Waals surface area contributed by atoms with Crippen LogP contribution in [0.3, 0.4) is 0 Å². The van der Waals surface area contributed by atoms with E-state index in [0.29, 0.717) is 12.1 Å². The smallest absolute Gasteiger partial charge is 0.417 e. The highest BCUT2D eigenvalue weighted by Gasteiger charge is 2.36. The van der Waals surface area contributed by atoms with Gasteiger partial charge in [0.2, 0.25) is 11.7 Å². The highest BCUT2D eigenvalue weighted by Crippen LogP contribution is 2.41. The van der Waals surface area contributed by atoms with Gasteiger partial charge < -0.3 is 20.5 Å². The van der Waals surface area contributed by atoms with Crippen molar-refractivity contribution < 1.29 is 27.9 Å². The molecule has 2 rings (SSSR count). The minimum absolute atomic E-state index is 0.0457. The van der Waals surface area contributed by atoms with Crippen LogP contribution >= 0.6 is 0 Å². The molecule has 9 heteroatoms. The molecular formula is C10H8F3N3O3. The molecule has 0 amide bonds.